The number of nitrogens with zero attached hydrogens (tertiary/aromatic N) is 4. The number of alkyl halides is 3. The third-order valence-corrected chi connectivity index (χ3v) is 5.28. The van der Waals surface area contributed by atoms with Crippen LogP contribution in [-0.4, -0.2) is 15.2 Å². The minimum atomic E-state index is -4.59. The molecule has 0 spiro atoms. The molecular formula is C23H12Cl2F4N4O2. The number of ether oxygens (including phenoxy) is 1. The standard InChI is InChI=1S/C23H12Cl2F4N4O2/c1-11-16(3-5-18(31-11)23(27,28)29)22-33-32-19(35-22)8-13-2-4-17(25)21(20(13)26)34-15-7-12(10-30)6-14(24)9-15/h2-7,9H,8H2,1H3. The number of rotatable bonds is 5. The van der Waals surface area contributed by atoms with Crippen LogP contribution in [0.2, 0.25) is 10.0 Å². The lowest BCUT2D eigenvalue weighted by Crippen LogP contribution is -2.08. The summed E-state index contributed by atoms with van der Waals surface area (Å²) in [5, 5.41) is 17.0. The largest absolute Gasteiger partial charge is 0.453 e. The van der Waals surface area contributed by atoms with E-state index in [1.165, 1.54) is 43.3 Å². The van der Waals surface area contributed by atoms with Crippen molar-refractivity contribution in [3.63, 3.8) is 0 Å². The van der Waals surface area contributed by atoms with E-state index in [4.69, 9.17) is 37.6 Å². The predicted molar refractivity (Wildman–Crippen MR) is 118 cm³/mol. The number of hydrogen-bond acceptors (Lipinski definition) is 6. The minimum absolute atomic E-state index is 0.000919. The third kappa shape index (κ3) is 5.37. The summed E-state index contributed by atoms with van der Waals surface area (Å²) in [6, 6.07) is 10.9. The summed E-state index contributed by atoms with van der Waals surface area (Å²) in [5.74, 6) is -1.05. The molecule has 178 valence electrons. The highest BCUT2D eigenvalue weighted by atomic mass is 35.5. The maximum atomic E-state index is 15.2. The molecule has 0 unspecified atom stereocenters. The molecule has 4 rings (SSSR count). The predicted octanol–water partition coefficient (Wildman–Crippen LogP) is 7.16. The highest BCUT2D eigenvalue weighted by Gasteiger charge is 2.33. The molecule has 2 heterocycles. The first-order valence-electron chi connectivity index (χ1n) is 9.78. The van der Waals surface area contributed by atoms with Gasteiger partial charge in [0.2, 0.25) is 11.8 Å². The average Bonchev–Trinajstić information content (AvgIpc) is 3.25. The van der Waals surface area contributed by atoms with Crippen LogP contribution in [-0.2, 0) is 12.6 Å². The Bertz CT molecular complexity index is 1470. The topological polar surface area (TPSA) is 84.8 Å². The number of aryl methyl sites for hydroxylation is 1. The summed E-state index contributed by atoms with van der Waals surface area (Å²) in [7, 11) is 0. The Balaban J connectivity index is 1.60. The molecule has 0 amide bonds. The zero-order chi connectivity index (χ0) is 25.3. The lowest BCUT2D eigenvalue weighted by atomic mass is 10.1. The van der Waals surface area contributed by atoms with Crippen molar-refractivity contribution in [1.82, 2.24) is 15.2 Å². The summed E-state index contributed by atoms with van der Waals surface area (Å²) >= 11 is 12.1. The van der Waals surface area contributed by atoms with Crippen LogP contribution in [0.1, 0.15) is 28.4 Å². The van der Waals surface area contributed by atoms with Crippen LogP contribution in [0.3, 0.4) is 0 Å². The number of halogens is 6. The van der Waals surface area contributed by atoms with Crippen LogP contribution < -0.4 is 4.74 Å². The summed E-state index contributed by atoms with van der Waals surface area (Å²) < 4.78 is 64.9. The van der Waals surface area contributed by atoms with Crippen molar-refractivity contribution in [2.75, 3.05) is 0 Å². The highest BCUT2D eigenvalue weighted by molar-refractivity contribution is 6.32. The fourth-order valence-corrected chi connectivity index (χ4v) is 3.56. The zero-order valence-corrected chi connectivity index (χ0v) is 19.1. The molecule has 4 aromatic rings. The van der Waals surface area contributed by atoms with Gasteiger partial charge in [0.1, 0.15) is 11.4 Å². The van der Waals surface area contributed by atoms with Gasteiger partial charge in [0, 0.05) is 10.6 Å². The summed E-state index contributed by atoms with van der Waals surface area (Å²) in [4.78, 5) is 3.53. The zero-order valence-electron chi connectivity index (χ0n) is 17.6. The SMILES string of the molecule is Cc1nc(C(F)(F)F)ccc1-c1nnc(Cc2ccc(Cl)c(Oc3cc(Cl)cc(C#N)c3)c2F)o1. The molecule has 0 atom stereocenters. The number of benzene rings is 2. The first-order chi connectivity index (χ1) is 16.5. The van der Waals surface area contributed by atoms with Crippen LogP contribution in [0.4, 0.5) is 17.6 Å². The normalized spacial score (nSPS) is 11.4. The van der Waals surface area contributed by atoms with Gasteiger partial charge in [0.25, 0.3) is 0 Å². The Morgan fingerprint density at radius 1 is 1.09 bits per heavy atom. The molecule has 0 saturated heterocycles. The van der Waals surface area contributed by atoms with Crippen molar-refractivity contribution in [1.29, 1.82) is 5.26 Å². The molecule has 0 N–H and O–H groups in total. The first-order valence-corrected chi connectivity index (χ1v) is 10.5. The Hall–Kier alpha value is -3.68. The van der Waals surface area contributed by atoms with E-state index < -0.39 is 17.7 Å². The van der Waals surface area contributed by atoms with Gasteiger partial charge in [-0.25, -0.2) is 9.37 Å². The van der Waals surface area contributed by atoms with Crippen molar-refractivity contribution in [2.24, 2.45) is 0 Å². The molecule has 0 saturated carbocycles. The van der Waals surface area contributed by atoms with Crippen molar-refractivity contribution in [2.45, 2.75) is 19.5 Å². The van der Waals surface area contributed by atoms with E-state index in [-0.39, 0.29) is 62.1 Å². The molecule has 0 fully saturated rings. The third-order valence-electron chi connectivity index (χ3n) is 4.76. The van der Waals surface area contributed by atoms with Crippen molar-refractivity contribution >= 4 is 23.2 Å². The van der Waals surface area contributed by atoms with Gasteiger partial charge in [0.15, 0.2) is 11.6 Å². The van der Waals surface area contributed by atoms with Crippen molar-refractivity contribution in [3.8, 4) is 29.0 Å². The lowest BCUT2D eigenvalue weighted by molar-refractivity contribution is -0.141. The highest BCUT2D eigenvalue weighted by Crippen LogP contribution is 2.36. The molecule has 0 aliphatic rings. The van der Waals surface area contributed by atoms with Gasteiger partial charge in [-0.15, -0.1) is 10.2 Å². The molecule has 2 aromatic heterocycles. The van der Waals surface area contributed by atoms with E-state index in [0.717, 1.165) is 6.07 Å². The van der Waals surface area contributed by atoms with Gasteiger partial charge in [0.05, 0.1) is 34.3 Å². The van der Waals surface area contributed by atoms with Crippen LogP contribution >= 0.6 is 23.2 Å². The van der Waals surface area contributed by atoms with Gasteiger partial charge in [-0.1, -0.05) is 29.3 Å². The average molecular weight is 523 g/mol. The Morgan fingerprint density at radius 3 is 2.54 bits per heavy atom. The van der Waals surface area contributed by atoms with Gasteiger partial charge in [-0.2, -0.15) is 18.4 Å². The summed E-state index contributed by atoms with van der Waals surface area (Å²) in [6.45, 7) is 1.38. The lowest BCUT2D eigenvalue weighted by Gasteiger charge is -2.12. The van der Waals surface area contributed by atoms with Gasteiger partial charge in [-0.3, -0.25) is 0 Å². The minimum Gasteiger partial charge on any atom is -0.453 e. The second-order valence-corrected chi connectivity index (χ2v) is 8.09. The second kappa shape index (κ2) is 9.52. The van der Waals surface area contributed by atoms with E-state index in [0.29, 0.717) is 0 Å². The Labute approximate surface area is 205 Å². The van der Waals surface area contributed by atoms with E-state index in [9.17, 15) is 13.2 Å². The fraction of sp³-hybridized carbons (Fsp3) is 0.130. The molecule has 0 aliphatic heterocycles. The molecule has 35 heavy (non-hydrogen) atoms. The maximum Gasteiger partial charge on any atom is 0.433 e. The van der Waals surface area contributed by atoms with Crippen molar-refractivity contribution < 1.29 is 26.7 Å². The molecule has 0 bridgehead atoms. The van der Waals surface area contributed by atoms with Crippen LogP contribution in [0.15, 0.2) is 46.9 Å². The molecular weight excluding hydrogens is 511 g/mol. The number of aromatic nitrogens is 3. The molecule has 2 aromatic carbocycles. The number of hydrogen-bond donors (Lipinski definition) is 0. The quantitative estimate of drug-likeness (QED) is 0.258. The van der Waals surface area contributed by atoms with E-state index in [1.807, 2.05) is 6.07 Å². The molecule has 6 nitrogen and oxygen atoms in total. The van der Waals surface area contributed by atoms with Gasteiger partial charge in [-0.05, 0) is 43.3 Å². The van der Waals surface area contributed by atoms with E-state index in [1.54, 1.807) is 0 Å². The molecule has 0 aliphatic carbocycles. The first kappa shape index (κ1) is 24.4. The van der Waals surface area contributed by atoms with Gasteiger partial charge >= 0.3 is 6.18 Å². The summed E-state index contributed by atoms with van der Waals surface area (Å²) in [6.07, 6.45) is -4.74. The van der Waals surface area contributed by atoms with Crippen LogP contribution in [0.5, 0.6) is 11.5 Å². The van der Waals surface area contributed by atoms with E-state index in [2.05, 4.69) is 15.2 Å². The molecule has 0 radical (unpaired) electrons. The van der Waals surface area contributed by atoms with Crippen LogP contribution in [0.25, 0.3) is 11.5 Å². The second-order valence-electron chi connectivity index (χ2n) is 7.24. The maximum absolute atomic E-state index is 15.2. The Kier molecular flexibility index (Phi) is 6.65. The van der Waals surface area contributed by atoms with E-state index >= 15 is 4.39 Å². The Morgan fingerprint density at radius 2 is 1.86 bits per heavy atom. The molecule has 12 heteroatoms. The number of nitriles is 1. The summed E-state index contributed by atoms with van der Waals surface area (Å²) in [5.41, 5.74) is -0.472. The fourth-order valence-electron chi connectivity index (χ4n) is 3.15. The van der Waals surface area contributed by atoms with Crippen molar-refractivity contribution in [3.05, 3.63) is 86.7 Å². The smallest absolute Gasteiger partial charge is 0.433 e. The van der Waals surface area contributed by atoms with Crippen LogP contribution in [0, 0.1) is 24.1 Å². The number of pyridine rings is 1. The van der Waals surface area contributed by atoms with Gasteiger partial charge < -0.3 is 9.15 Å². The monoisotopic (exact) mass is 522 g/mol.